The summed E-state index contributed by atoms with van der Waals surface area (Å²) >= 11 is 0. The molecule has 0 radical (unpaired) electrons. The second kappa shape index (κ2) is 4.04. The van der Waals surface area contributed by atoms with Gasteiger partial charge in [-0.05, 0) is 23.8 Å². The molecular formula is C11H9FN2O. The first-order valence-electron chi connectivity index (χ1n) is 4.47. The van der Waals surface area contributed by atoms with Gasteiger partial charge in [-0.25, -0.2) is 4.39 Å². The summed E-state index contributed by atoms with van der Waals surface area (Å²) in [4.78, 5) is 8.14. The van der Waals surface area contributed by atoms with E-state index in [4.69, 9.17) is 5.11 Å². The third kappa shape index (κ3) is 1.93. The van der Waals surface area contributed by atoms with E-state index in [1.54, 1.807) is 30.6 Å². The van der Waals surface area contributed by atoms with Crippen LogP contribution in [0, 0.1) is 0 Å². The zero-order valence-electron chi connectivity index (χ0n) is 7.84. The minimum absolute atomic E-state index is 0.452. The number of aliphatic hydroxyl groups excluding tert-OH is 1. The van der Waals surface area contributed by atoms with Crippen molar-refractivity contribution in [3.63, 3.8) is 0 Å². The molecule has 0 saturated carbocycles. The van der Waals surface area contributed by atoms with Gasteiger partial charge in [-0.1, -0.05) is 6.07 Å². The van der Waals surface area contributed by atoms with Gasteiger partial charge >= 0.3 is 0 Å². The number of alkyl halides is 1. The summed E-state index contributed by atoms with van der Waals surface area (Å²) in [5.74, 6) is 0. The van der Waals surface area contributed by atoms with Crippen LogP contribution >= 0.6 is 0 Å². The Morgan fingerprint density at radius 3 is 2.67 bits per heavy atom. The molecule has 0 fully saturated rings. The van der Waals surface area contributed by atoms with E-state index in [-0.39, 0.29) is 0 Å². The zero-order chi connectivity index (χ0) is 10.7. The predicted octanol–water partition coefficient (Wildman–Crippen LogP) is 2.71. The fourth-order valence-electron chi connectivity index (χ4n) is 1.34. The van der Waals surface area contributed by atoms with Crippen molar-refractivity contribution in [2.45, 2.75) is 6.17 Å². The molecule has 1 N–H and O–H groups in total. The first kappa shape index (κ1) is 9.58. The van der Waals surface area contributed by atoms with E-state index in [1.807, 2.05) is 0 Å². The van der Waals surface area contributed by atoms with Crippen molar-refractivity contribution in [1.82, 2.24) is 9.97 Å². The molecule has 0 aliphatic rings. The van der Waals surface area contributed by atoms with Crippen LogP contribution in [0.2, 0.25) is 0 Å². The quantitative estimate of drug-likeness (QED) is 0.765. The molecule has 0 bridgehead atoms. The summed E-state index contributed by atoms with van der Waals surface area (Å²) in [6.45, 7) is 0. The number of aliphatic hydroxyl groups is 1. The maximum atomic E-state index is 13.4. The van der Waals surface area contributed by atoms with Crippen molar-refractivity contribution in [3.05, 3.63) is 48.5 Å². The fourth-order valence-corrected chi connectivity index (χ4v) is 1.34. The van der Waals surface area contributed by atoms with E-state index < -0.39 is 6.17 Å². The van der Waals surface area contributed by atoms with Crippen LogP contribution in [0.4, 0.5) is 4.39 Å². The van der Waals surface area contributed by atoms with Gasteiger partial charge in [0.1, 0.15) is 6.17 Å². The molecule has 1 aromatic heterocycles. The average molecular weight is 204 g/mol. The van der Waals surface area contributed by atoms with Crippen molar-refractivity contribution in [2.24, 2.45) is 0 Å². The van der Waals surface area contributed by atoms with Gasteiger partial charge in [-0.3, -0.25) is 9.97 Å². The van der Waals surface area contributed by atoms with Gasteiger partial charge in [0.15, 0.2) is 0 Å². The van der Waals surface area contributed by atoms with Crippen molar-refractivity contribution >= 4 is 11.0 Å². The highest BCUT2D eigenvalue weighted by molar-refractivity contribution is 5.74. The Labute approximate surface area is 85.9 Å². The predicted molar refractivity (Wildman–Crippen MR) is 55.2 cm³/mol. The highest BCUT2D eigenvalue weighted by atomic mass is 19.1. The number of aromatic nitrogens is 2. The van der Waals surface area contributed by atoms with E-state index in [0.717, 1.165) is 11.6 Å². The molecule has 1 heterocycles. The largest absolute Gasteiger partial charge is 0.516 e. The van der Waals surface area contributed by atoms with Gasteiger partial charge in [0.2, 0.25) is 0 Å². The molecule has 0 aliphatic carbocycles. The molecule has 15 heavy (non-hydrogen) atoms. The molecule has 2 rings (SSSR count). The van der Waals surface area contributed by atoms with E-state index in [2.05, 4.69) is 9.97 Å². The van der Waals surface area contributed by atoms with Crippen LogP contribution in [0.1, 0.15) is 11.7 Å². The minimum atomic E-state index is -1.32. The highest BCUT2D eigenvalue weighted by Gasteiger charge is 2.06. The van der Waals surface area contributed by atoms with Gasteiger partial charge < -0.3 is 5.11 Å². The summed E-state index contributed by atoms with van der Waals surface area (Å²) in [5, 5.41) is 8.46. The summed E-state index contributed by atoms with van der Waals surface area (Å²) < 4.78 is 13.4. The molecule has 0 aliphatic heterocycles. The van der Waals surface area contributed by atoms with Crippen LogP contribution in [0.15, 0.2) is 42.9 Å². The number of halogens is 1. The molecule has 4 heteroatoms. The summed E-state index contributed by atoms with van der Waals surface area (Å²) in [6, 6.07) is 4.95. The maximum Gasteiger partial charge on any atom is 0.147 e. The lowest BCUT2D eigenvalue weighted by Gasteiger charge is -2.03. The van der Waals surface area contributed by atoms with E-state index in [1.165, 1.54) is 0 Å². The van der Waals surface area contributed by atoms with Crippen LogP contribution in [-0.4, -0.2) is 15.1 Å². The molecular weight excluding hydrogens is 195 g/mol. The molecule has 1 atom stereocenters. The molecule has 2 aromatic rings. The SMILES string of the molecule is O/C=C\C(F)c1ccc2nccnc2c1. The lowest BCUT2D eigenvalue weighted by molar-refractivity contribution is 0.396. The molecule has 1 unspecified atom stereocenters. The third-order valence-corrected chi connectivity index (χ3v) is 2.07. The van der Waals surface area contributed by atoms with E-state index in [0.29, 0.717) is 17.3 Å². The number of allylic oxidation sites excluding steroid dienone is 1. The Kier molecular flexibility index (Phi) is 2.58. The first-order valence-corrected chi connectivity index (χ1v) is 4.47. The van der Waals surface area contributed by atoms with Crippen molar-refractivity contribution < 1.29 is 9.50 Å². The standard InChI is InChI=1S/C11H9FN2O/c12-9(3-6-15)8-1-2-10-11(7-8)14-5-4-13-10/h1-7,9,15H/b6-3-. The van der Waals surface area contributed by atoms with E-state index >= 15 is 0 Å². The van der Waals surface area contributed by atoms with Crippen LogP contribution in [0.3, 0.4) is 0 Å². The molecule has 1 aromatic carbocycles. The van der Waals surface area contributed by atoms with Gasteiger partial charge in [0, 0.05) is 12.4 Å². The topological polar surface area (TPSA) is 46.0 Å². The lowest BCUT2D eigenvalue weighted by Crippen LogP contribution is -1.89. The zero-order valence-corrected chi connectivity index (χ0v) is 7.84. The minimum Gasteiger partial charge on any atom is -0.516 e. The Balaban J connectivity index is 2.46. The van der Waals surface area contributed by atoms with Gasteiger partial charge in [0.05, 0.1) is 17.3 Å². The van der Waals surface area contributed by atoms with Crippen molar-refractivity contribution in [2.75, 3.05) is 0 Å². The summed E-state index contributed by atoms with van der Waals surface area (Å²) in [5.41, 5.74) is 1.82. The molecule has 0 saturated heterocycles. The third-order valence-electron chi connectivity index (χ3n) is 2.07. The molecule has 76 valence electrons. The van der Waals surface area contributed by atoms with Gasteiger partial charge in [-0.2, -0.15) is 0 Å². The number of rotatable bonds is 2. The maximum absolute atomic E-state index is 13.4. The first-order chi connectivity index (χ1) is 7.31. The summed E-state index contributed by atoms with van der Waals surface area (Å²) in [6.07, 6.45) is 3.59. The van der Waals surface area contributed by atoms with Gasteiger partial charge in [-0.15, -0.1) is 0 Å². The second-order valence-corrected chi connectivity index (χ2v) is 3.05. The Bertz CT molecular complexity index is 499. The highest BCUT2D eigenvalue weighted by Crippen LogP contribution is 2.21. The number of nitrogens with zero attached hydrogens (tertiary/aromatic N) is 2. The van der Waals surface area contributed by atoms with E-state index in [9.17, 15) is 4.39 Å². The van der Waals surface area contributed by atoms with Gasteiger partial charge in [0.25, 0.3) is 0 Å². The number of hydrogen-bond donors (Lipinski definition) is 1. The average Bonchev–Trinajstić information content (AvgIpc) is 2.29. The smallest absolute Gasteiger partial charge is 0.147 e. The number of fused-ring (bicyclic) bond motifs is 1. The van der Waals surface area contributed by atoms with Crippen LogP contribution in [0.25, 0.3) is 11.0 Å². The molecule has 0 amide bonds. The number of hydrogen-bond acceptors (Lipinski definition) is 3. The van der Waals surface area contributed by atoms with Crippen LogP contribution in [0.5, 0.6) is 0 Å². The number of benzene rings is 1. The normalized spacial score (nSPS) is 13.4. The Morgan fingerprint density at radius 2 is 1.93 bits per heavy atom. The Hall–Kier alpha value is -1.97. The summed E-state index contributed by atoms with van der Waals surface area (Å²) in [7, 11) is 0. The monoisotopic (exact) mass is 204 g/mol. The molecule has 0 spiro atoms. The molecule has 3 nitrogen and oxygen atoms in total. The lowest BCUT2D eigenvalue weighted by atomic mass is 10.1. The second-order valence-electron chi connectivity index (χ2n) is 3.05. The van der Waals surface area contributed by atoms with Crippen LogP contribution < -0.4 is 0 Å². The van der Waals surface area contributed by atoms with Crippen molar-refractivity contribution in [3.8, 4) is 0 Å². The van der Waals surface area contributed by atoms with Crippen molar-refractivity contribution in [1.29, 1.82) is 0 Å². The van der Waals surface area contributed by atoms with Crippen LogP contribution in [-0.2, 0) is 0 Å². The fraction of sp³-hybridized carbons (Fsp3) is 0.0909. The Morgan fingerprint density at radius 1 is 1.20 bits per heavy atom.